The van der Waals surface area contributed by atoms with Crippen LogP contribution in [0.2, 0.25) is 0 Å². The van der Waals surface area contributed by atoms with Gasteiger partial charge in [0.1, 0.15) is 6.61 Å². The van der Waals surface area contributed by atoms with Gasteiger partial charge in [-0.2, -0.15) is 0 Å². The Morgan fingerprint density at radius 1 is 0.917 bits per heavy atom. The van der Waals surface area contributed by atoms with E-state index in [-0.39, 0.29) is 18.1 Å². The number of phenolic OH excluding ortho intramolecular Hbond substituents is 2. The number of benzene rings is 3. The lowest BCUT2D eigenvalue weighted by Crippen LogP contribution is -2.00. The first-order chi connectivity index (χ1) is 11.6. The molecule has 0 saturated carbocycles. The second-order valence-corrected chi connectivity index (χ2v) is 5.37. The maximum Gasteiger partial charge on any atom is 0.331 e. The van der Waals surface area contributed by atoms with E-state index in [1.807, 2.05) is 42.5 Å². The van der Waals surface area contributed by atoms with Crippen molar-refractivity contribution in [3.8, 4) is 11.5 Å². The normalized spacial score (nSPS) is 11.0. The van der Waals surface area contributed by atoms with Crippen molar-refractivity contribution in [3.05, 3.63) is 77.9 Å². The zero-order valence-corrected chi connectivity index (χ0v) is 12.8. The number of hydrogen-bond donors (Lipinski definition) is 2. The lowest BCUT2D eigenvalue weighted by atomic mass is 10.1. The Hall–Kier alpha value is -3.27. The van der Waals surface area contributed by atoms with Crippen molar-refractivity contribution in [2.45, 2.75) is 6.61 Å². The average Bonchev–Trinajstić information content (AvgIpc) is 2.60. The molecular formula is C20H16O4. The van der Waals surface area contributed by atoms with Crippen LogP contribution in [0.25, 0.3) is 16.8 Å². The molecule has 3 aromatic carbocycles. The van der Waals surface area contributed by atoms with Crippen molar-refractivity contribution in [2.24, 2.45) is 0 Å². The second kappa shape index (κ2) is 6.87. The number of carbonyl (C=O) groups is 1. The first-order valence-corrected chi connectivity index (χ1v) is 7.46. The fourth-order valence-corrected chi connectivity index (χ4v) is 2.34. The molecule has 0 radical (unpaired) electrons. The van der Waals surface area contributed by atoms with Crippen molar-refractivity contribution in [1.29, 1.82) is 0 Å². The van der Waals surface area contributed by atoms with Gasteiger partial charge in [-0.3, -0.25) is 0 Å². The fourth-order valence-electron chi connectivity index (χ4n) is 2.34. The molecule has 0 aliphatic carbocycles. The van der Waals surface area contributed by atoms with Crippen LogP contribution in [-0.2, 0) is 16.1 Å². The summed E-state index contributed by atoms with van der Waals surface area (Å²) >= 11 is 0. The largest absolute Gasteiger partial charge is 0.504 e. The molecule has 0 saturated heterocycles. The number of phenols is 2. The quantitative estimate of drug-likeness (QED) is 0.433. The SMILES string of the molecule is O=C(/C=C/c1ccc(O)c(O)c1)OCc1ccc2ccccc2c1. The van der Waals surface area contributed by atoms with Crippen LogP contribution < -0.4 is 0 Å². The van der Waals surface area contributed by atoms with E-state index in [0.717, 1.165) is 16.3 Å². The fraction of sp³-hybridized carbons (Fsp3) is 0.0500. The van der Waals surface area contributed by atoms with Crippen molar-refractivity contribution in [2.75, 3.05) is 0 Å². The molecule has 3 rings (SSSR count). The first-order valence-electron chi connectivity index (χ1n) is 7.46. The van der Waals surface area contributed by atoms with E-state index in [0.29, 0.717) is 5.56 Å². The van der Waals surface area contributed by atoms with E-state index in [1.165, 1.54) is 24.3 Å². The Balaban J connectivity index is 1.61. The van der Waals surface area contributed by atoms with Gasteiger partial charge < -0.3 is 14.9 Å². The Morgan fingerprint density at radius 2 is 1.71 bits per heavy atom. The first kappa shape index (κ1) is 15.6. The summed E-state index contributed by atoms with van der Waals surface area (Å²) < 4.78 is 5.22. The minimum Gasteiger partial charge on any atom is -0.504 e. The third-order valence-corrected chi connectivity index (χ3v) is 3.61. The number of carbonyl (C=O) groups excluding carboxylic acids is 1. The second-order valence-electron chi connectivity index (χ2n) is 5.37. The number of rotatable bonds is 4. The van der Waals surface area contributed by atoms with Gasteiger partial charge in [0.25, 0.3) is 0 Å². The topological polar surface area (TPSA) is 66.8 Å². The van der Waals surface area contributed by atoms with Crippen LogP contribution in [0.4, 0.5) is 0 Å². The smallest absolute Gasteiger partial charge is 0.331 e. The Kier molecular flexibility index (Phi) is 4.47. The third-order valence-electron chi connectivity index (χ3n) is 3.61. The van der Waals surface area contributed by atoms with Gasteiger partial charge in [0.05, 0.1) is 0 Å². The number of esters is 1. The van der Waals surface area contributed by atoms with Crippen LogP contribution in [0, 0.1) is 0 Å². The summed E-state index contributed by atoms with van der Waals surface area (Å²) in [5.74, 6) is -0.913. The molecule has 4 heteroatoms. The molecule has 0 aliphatic heterocycles. The highest BCUT2D eigenvalue weighted by Gasteiger charge is 2.02. The maximum atomic E-state index is 11.8. The van der Waals surface area contributed by atoms with Gasteiger partial charge in [0, 0.05) is 6.08 Å². The number of ether oxygens (including phenoxy) is 1. The van der Waals surface area contributed by atoms with Gasteiger partial charge >= 0.3 is 5.97 Å². The van der Waals surface area contributed by atoms with Gasteiger partial charge in [-0.25, -0.2) is 4.79 Å². The van der Waals surface area contributed by atoms with Gasteiger partial charge in [-0.05, 0) is 46.2 Å². The Morgan fingerprint density at radius 3 is 2.50 bits per heavy atom. The van der Waals surface area contributed by atoms with Crippen molar-refractivity contribution in [3.63, 3.8) is 0 Å². The van der Waals surface area contributed by atoms with E-state index in [2.05, 4.69) is 0 Å². The summed E-state index contributed by atoms with van der Waals surface area (Å²) in [5.41, 5.74) is 1.51. The van der Waals surface area contributed by atoms with Crippen LogP contribution in [0.3, 0.4) is 0 Å². The standard InChI is InChI=1S/C20H16O4/c21-18-9-6-14(12-19(18)22)7-10-20(23)24-13-15-5-8-16-3-1-2-4-17(16)11-15/h1-12,21-22H,13H2/b10-7+. The molecule has 0 spiro atoms. The number of fused-ring (bicyclic) bond motifs is 1. The monoisotopic (exact) mass is 320 g/mol. The Bertz CT molecular complexity index is 912. The average molecular weight is 320 g/mol. The minimum atomic E-state index is -0.476. The van der Waals surface area contributed by atoms with Crippen LogP contribution in [0.15, 0.2) is 66.7 Å². The molecule has 0 unspecified atom stereocenters. The molecule has 2 N–H and O–H groups in total. The van der Waals surface area contributed by atoms with Crippen LogP contribution in [-0.4, -0.2) is 16.2 Å². The molecule has 0 amide bonds. The summed E-state index contributed by atoms with van der Waals surface area (Å²) in [5, 5.41) is 20.9. The van der Waals surface area contributed by atoms with Gasteiger partial charge in [-0.15, -0.1) is 0 Å². The Labute approximate surface area is 139 Å². The molecule has 0 aliphatic rings. The molecule has 3 aromatic rings. The summed E-state index contributed by atoms with van der Waals surface area (Å²) in [7, 11) is 0. The van der Waals surface area contributed by atoms with E-state index in [9.17, 15) is 15.0 Å². The van der Waals surface area contributed by atoms with Gasteiger partial charge in [-0.1, -0.05) is 42.5 Å². The van der Waals surface area contributed by atoms with Gasteiger partial charge in [0.15, 0.2) is 11.5 Å². The minimum absolute atomic E-state index is 0.189. The van der Waals surface area contributed by atoms with Gasteiger partial charge in [0.2, 0.25) is 0 Å². The molecule has 0 bridgehead atoms. The lowest BCUT2D eigenvalue weighted by Gasteiger charge is -2.04. The van der Waals surface area contributed by atoms with Crippen molar-refractivity contribution < 1.29 is 19.7 Å². The molecule has 24 heavy (non-hydrogen) atoms. The number of aromatic hydroxyl groups is 2. The summed E-state index contributed by atoms with van der Waals surface area (Å²) in [6.45, 7) is 0.189. The highest BCUT2D eigenvalue weighted by Crippen LogP contribution is 2.25. The summed E-state index contributed by atoms with van der Waals surface area (Å²) in [6.07, 6.45) is 2.80. The highest BCUT2D eigenvalue weighted by atomic mass is 16.5. The molecule has 0 atom stereocenters. The van der Waals surface area contributed by atoms with Crippen LogP contribution >= 0.6 is 0 Å². The van der Waals surface area contributed by atoms with Crippen LogP contribution in [0.5, 0.6) is 11.5 Å². The summed E-state index contributed by atoms with van der Waals surface area (Å²) in [6, 6.07) is 18.2. The highest BCUT2D eigenvalue weighted by molar-refractivity contribution is 5.87. The van der Waals surface area contributed by atoms with E-state index >= 15 is 0 Å². The van der Waals surface area contributed by atoms with Crippen LogP contribution in [0.1, 0.15) is 11.1 Å². The molecule has 120 valence electrons. The third kappa shape index (κ3) is 3.73. The molecule has 4 nitrogen and oxygen atoms in total. The van der Waals surface area contributed by atoms with Crippen molar-refractivity contribution >= 4 is 22.8 Å². The van der Waals surface area contributed by atoms with E-state index < -0.39 is 5.97 Å². The molecule has 0 aromatic heterocycles. The zero-order valence-electron chi connectivity index (χ0n) is 12.8. The molecular weight excluding hydrogens is 304 g/mol. The molecule has 0 heterocycles. The maximum absolute atomic E-state index is 11.8. The van der Waals surface area contributed by atoms with Crippen molar-refractivity contribution in [1.82, 2.24) is 0 Å². The zero-order chi connectivity index (χ0) is 16.9. The number of hydrogen-bond acceptors (Lipinski definition) is 4. The summed E-state index contributed by atoms with van der Waals surface area (Å²) in [4.78, 5) is 11.8. The predicted octanol–water partition coefficient (Wildman–Crippen LogP) is 4.01. The molecule has 0 fully saturated rings. The predicted molar refractivity (Wildman–Crippen MR) is 92.5 cm³/mol. The van der Waals surface area contributed by atoms with E-state index in [4.69, 9.17) is 4.74 Å². The lowest BCUT2D eigenvalue weighted by molar-refractivity contribution is -0.138. The van der Waals surface area contributed by atoms with E-state index in [1.54, 1.807) is 6.07 Å².